The topological polar surface area (TPSA) is 26.0 Å². The van der Waals surface area contributed by atoms with Crippen molar-refractivity contribution in [1.29, 1.82) is 0 Å². The fourth-order valence-corrected chi connectivity index (χ4v) is 1.85. The molecule has 0 aliphatic heterocycles. The molecule has 2 N–H and O–H groups in total. The molecule has 0 unspecified atom stereocenters. The predicted molar refractivity (Wildman–Crippen MR) is 60.9 cm³/mol. The maximum absolute atomic E-state index is 6.03. The fraction of sp³-hybridized carbons (Fsp3) is 0.400. The van der Waals surface area contributed by atoms with Crippen molar-refractivity contribution in [2.45, 2.75) is 19.9 Å². The van der Waals surface area contributed by atoms with E-state index in [1.807, 2.05) is 12.1 Å². The standard InChI is InChI=1S/C10H14IN/c1-7(2)10(12)8-5-3-4-6-9(8)11/h3-7,10H,12H2,1-2H3/t10-/m0/s1. The molecule has 66 valence electrons. The Morgan fingerprint density at radius 1 is 1.25 bits per heavy atom. The lowest BCUT2D eigenvalue weighted by Gasteiger charge is -2.17. The van der Waals surface area contributed by atoms with Crippen molar-refractivity contribution >= 4 is 22.6 Å². The SMILES string of the molecule is CC(C)[C@H](N)c1ccccc1I. The van der Waals surface area contributed by atoms with Crippen LogP contribution in [0.4, 0.5) is 0 Å². The van der Waals surface area contributed by atoms with Crippen LogP contribution in [-0.4, -0.2) is 0 Å². The van der Waals surface area contributed by atoms with Crippen molar-refractivity contribution in [2.24, 2.45) is 11.7 Å². The van der Waals surface area contributed by atoms with Crippen molar-refractivity contribution in [3.8, 4) is 0 Å². The van der Waals surface area contributed by atoms with Crippen LogP contribution in [0.2, 0.25) is 0 Å². The maximum atomic E-state index is 6.03. The van der Waals surface area contributed by atoms with Crippen molar-refractivity contribution < 1.29 is 0 Å². The van der Waals surface area contributed by atoms with E-state index in [0.29, 0.717) is 5.92 Å². The van der Waals surface area contributed by atoms with Gasteiger partial charge in [-0.1, -0.05) is 32.0 Å². The molecule has 1 atom stereocenters. The molecular weight excluding hydrogens is 261 g/mol. The van der Waals surface area contributed by atoms with Crippen molar-refractivity contribution in [3.63, 3.8) is 0 Å². The third-order valence-corrected chi connectivity index (χ3v) is 2.96. The van der Waals surface area contributed by atoms with E-state index in [1.165, 1.54) is 9.13 Å². The number of hydrogen-bond acceptors (Lipinski definition) is 1. The van der Waals surface area contributed by atoms with Gasteiger partial charge in [-0.2, -0.15) is 0 Å². The van der Waals surface area contributed by atoms with Gasteiger partial charge in [-0.05, 0) is 40.1 Å². The Morgan fingerprint density at radius 3 is 2.33 bits per heavy atom. The third-order valence-electron chi connectivity index (χ3n) is 1.98. The van der Waals surface area contributed by atoms with Gasteiger partial charge in [0.15, 0.2) is 0 Å². The zero-order valence-electron chi connectivity index (χ0n) is 7.42. The second-order valence-corrected chi connectivity index (χ2v) is 4.45. The molecule has 0 spiro atoms. The van der Waals surface area contributed by atoms with Gasteiger partial charge in [-0.15, -0.1) is 0 Å². The van der Waals surface area contributed by atoms with Gasteiger partial charge in [0.2, 0.25) is 0 Å². The van der Waals surface area contributed by atoms with Crippen molar-refractivity contribution in [1.82, 2.24) is 0 Å². The minimum absolute atomic E-state index is 0.165. The number of nitrogens with two attached hydrogens (primary N) is 1. The van der Waals surface area contributed by atoms with E-state index >= 15 is 0 Å². The van der Waals surface area contributed by atoms with Gasteiger partial charge in [-0.25, -0.2) is 0 Å². The van der Waals surface area contributed by atoms with Crippen LogP contribution in [0.15, 0.2) is 24.3 Å². The van der Waals surface area contributed by atoms with Crippen molar-refractivity contribution in [2.75, 3.05) is 0 Å². The van der Waals surface area contributed by atoms with E-state index in [1.54, 1.807) is 0 Å². The Kier molecular flexibility index (Phi) is 3.53. The summed E-state index contributed by atoms with van der Waals surface area (Å²) in [4.78, 5) is 0. The molecule has 0 saturated heterocycles. The summed E-state index contributed by atoms with van der Waals surface area (Å²) in [5, 5.41) is 0. The van der Waals surface area contributed by atoms with E-state index < -0.39 is 0 Å². The minimum atomic E-state index is 0.165. The molecule has 0 aliphatic carbocycles. The first-order valence-corrected chi connectivity index (χ1v) is 5.21. The average molecular weight is 275 g/mol. The molecule has 0 amide bonds. The molecule has 1 nitrogen and oxygen atoms in total. The average Bonchev–Trinajstić information content (AvgIpc) is 2.04. The second kappa shape index (κ2) is 4.23. The van der Waals surface area contributed by atoms with E-state index in [2.05, 4.69) is 48.6 Å². The second-order valence-electron chi connectivity index (χ2n) is 3.29. The molecule has 0 saturated carbocycles. The molecule has 1 aromatic carbocycles. The smallest absolute Gasteiger partial charge is 0.0328 e. The molecule has 0 aromatic heterocycles. The van der Waals surface area contributed by atoms with Gasteiger partial charge < -0.3 is 5.73 Å². The van der Waals surface area contributed by atoms with E-state index in [9.17, 15) is 0 Å². The van der Waals surface area contributed by atoms with Crippen LogP contribution in [-0.2, 0) is 0 Å². The van der Waals surface area contributed by atoms with E-state index in [0.717, 1.165) is 0 Å². The molecule has 0 heterocycles. The largest absolute Gasteiger partial charge is 0.324 e. The van der Waals surface area contributed by atoms with Gasteiger partial charge in [0, 0.05) is 9.61 Å². The Hall–Kier alpha value is -0.0900. The van der Waals surface area contributed by atoms with Crippen molar-refractivity contribution in [3.05, 3.63) is 33.4 Å². The summed E-state index contributed by atoms with van der Waals surface area (Å²) < 4.78 is 1.26. The number of benzene rings is 1. The lowest BCUT2D eigenvalue weighted by Crippen LogP contribution is -2.17. The number of halogens is 1. The molecule has 12 heavy (non-hydrogen) atoms. The molecule has 1 rings (SSSR count). The monoisotopic (exact) mass is 275 g/mol. The summed E-state index contributed by atoms with van der Waals surface area (Å²) >= 11 is 2.33. The van der Waals surface area contributed by atoms with Gasteiger partial charge in [0.1, 0.15) is 0 Å². The number of rotatable bonds is 2. The molecule has 0 fully saturated rings. The van der Waals surface area contributed by atoms with E-state index in [4.69, 9.17) is 5.73 Å². The Balaban J connectivity index is 2.94. The molecule has 0 aliphatic rings. The minimum Gasteiger partial charge on any atom is -0.324 e. The van der Waals surface area contributed by atoms with Crippen LogP contribution in [0.5, 0.6) is 0 Å². The lowest BCUT2D eigenvalue weighted by atomic mass is 9.97. The molecule has 0 radical (unpaired) electrons. The third kappa shape index (κ3) is 2.20. The number of hydrogen-bond donors (Lipinski definition) is 1. The summed E-state index contributed by atoms with van der Waals surface area (Å²) in [6, 6.07) is 8.45. The summed E-state index contributed by atoms with van der Waals surface area (Å²) in [5.41, 5.74) is 7.29. The lowest BCUT2D eigenvalue weighted by molar-refractivity contribution is 0.512. The Bertz CT molecular complexity index is 258. The quantitative estimate of drug-likeness (QED) is 0.825. The normalized spacial score (nSPS) is 13.4. The van der Waals surface area contributed by atoms with Crippen LogP contribution in [0.25, 0.3) is 0 Å². The highest BCUT2D eigenvalue weighted by atomic mass is 127. The van der Waals surface area contributed by atoms with Gasteiger partial charge in [0.05, 0.1) is 0 Å². The highest BCUT2D eigenvalue weighted by molar-refractivity contribution is 14.1. The molecular formula is C10H14IN. The summed E-state index contributed by atoms with van der Waals surface area (Å²) in [6.07, 6.45) is 0. The Labute approximate surface area is 87.5 Å². The highest BCUT2D eigenvalue weighted by Gasteiger charge is 2.12. The maximum Gasteiger partial charge on any atom is 0.0328 e. The fourth-order valence-electron chi connectivity index (χ4n) is 1.10. The van der Waals surface area contributed by atoms with E-state index in [-0.39, 0.29) is 6.04 Å². The van der Waals surface area contributed by atoms with Crippen LogP contribution in [0.3, 0.4) is 0 Å². The first-order valence-electron chi connectivity index (χ1n) is 4.13. The molecule has 0 bridgehead atoms. The van der Waals surface area contributed by atoms with Gasteiger partial charge >= 0.3 is 0 Å². The summed E-state index contributed by atoms with van der Waals surface area (Å²) in [5.74, 6) is 0.501. The van der Waals surface area contributed by atoms with Crippen LogP contribution < -0.4 is 5.73 Å². The first kappa shape index (κ1) is 9.99. The van der Waals surface area contributed by atoms with Gasteiger partial charge in [-0.3, -0.25) is 0 Å². The predicted octanol–water partition coefficient (Wildman–Crippen LogP) is 2.95. The zero-order valence-corrected chi connectivity index (χ0v) is 9.58. The molecule has 1 aromatic rings. The highest BCUT2D eigenvalue weighted by Crippen LogP contribution is 2.23. The van der Waals surface area contributed by atoms with Crippen LogP contribution >= 0.6 is 22.6 Å². The zero-order chi connectivity index (χ0) is 9.14. The Morgan fingerprint density at radius 2 is 1.83 bits per heavy atom. The summed E-state index contributed by atoms with van der Waals surface area (Å²) in [7, 11) is 0. The first-order chi connectivity index (χ1) is 5.63. The molecule has 2 heteroatoms. The van der Waals surface area contributed by atoms with Crippen LogP contribution in [0.1, 0.15) is 25.5 Å². The van der Waals surface area contributed by atoms with Gasteiger partial charge in [0.25, 0.3) is 0 Å². The van der Waals surface area contributed by atoms with Crippen LogP contribution in [0, 0.1) is 9.49 Å². The summed E-state index contributed by atoms with van der Waals surface area (Å²) in [6.45, 7) is 4.29.